The molecule has 1 atom stereocenters. The van der Waals surface area contributed by atoms with Gasteiger partial charge in [-0.2, -0.15) is 5.26 Å². The van der Waals surface area contributed by atoms with Crippen LogP contribution in [0.3, 0.4) is 0 Å². The second-order valence-electron chi connectivity index (χ2n) is 5.42. The molecule has 13 heavy (non-hydrogen) atoms. The Balaban J connectivity index is 2.78. The van der Waals surface area contributed by atoms with Crippen molar-refractivity contribution in [1.82, 2.24) is 0 Å². The summed E-state index contributed by atoms with van der Waals surface area (Å²) in [5.41, 5.74) is -0.445. The van der Waals surface area contributed by atoms with E-state index in [9.17, 15) is 5.26 Å². The summed E-state index contributed by atoms with van der Waals surface area (Å²) in [5, 5.41) is 9.17. The van der Waals surface area contributed by atoms with E-state index in [1.807, 2.05) is 6.92 Å². The zero-order chi connectivity index (χ0) is 10.3. The molecule has 1 fully saturated rings. The fourth-order valence-electron chi connectivity index (χ4n) is 1.56. The highest BCUT2D eigenvalue weighted by atomic mass is 28.4. The number of rotatable bonds is 3. The zero-order valence-corrected chi connectivity index (χ0v) is 10.3. The fraction of sp³-hybridized carbons (Fsp3) is 0.900. The Morgan fingerprint density at radius 2 is 1.85 bits per heavy atom. The average Bonchev–Trinajstić information content (AvgIpc) is 2.65. The summed E-state index contributed by atoms with van der Waals surface area (Å²) in [6, 6.07) is 2.35. The lowest BCUT2D eigenvalue weighted by molar-refractivity contribution is 0.0671. The van der Waals surface area contributed by atoms with Crippen LogP contribution in [0.4, 0.5) is 0 Å². The Hall–Kier alpha value is -0.333. The van der Waals surface area contributed by atoms with Crippen molar-refractivity contribution >= 4 is 8.32 Å². The average molecular weight is 197 g/mol. The lowest BCUT2D eigenvalue weighted by atomic mass is 9.89. The van der Waals surface area contributed by atoms with Gasteiger partial charge in [-0.15, -0.1) is 0 Å². The summed E-state index contributed by atoms with van der Waals surface area (Å²) in [6.45, 7) is 10.5. The van der Waals surface area contributed by atoms with E-state index >= 15 is 0 Å². The Morgan fingerprint density at radius 3 is 2.08 bits per heavy atom. The van der Waals surface area contributed by atoms with Gasteiger partial charge in [0, 0.05) is 5.41 Å². The summed E-state index contributed by atoms with van der Waals surface area (Å²) in [4.78, 5) is 0. The molecule has 1 aliphatic carbocycles. The van der Waals surface area contributed by atoms with E-state index in [1.54, 1.807) is 0 Å². The molecule has 0 spiro atoms. The van der Waals surface area contributed by atoms with E-state index < -0.39 is 13.9 Å². The number of hydrogen-bond acceptors (Lipinski definition) is 2. The van der Waals surface area contributed by atoms with Gasteiger partial charge in [0.2, 0.25) is 0 Å². The SMILES string of the molecule is CC1(C(C)(C#N)O[Si](C)(C)C)CC1. The molecule has 0 heterocycles. The molecule has 1 saturated carbocycles. The molecular formula is C10H19NOSi. The van der Waals surface area contributed by atoms with Crippen LogP contribution in [0, 0.1) is 16.7 Å². The quantitative estimate of drug-likeness (QED) is 0.652. The van der Waals surface area contributed by atoms with Crippen molar-refractivity contribution in [2.24, 2.45) is 5.41 Å². The minimum atomic E-state index is -1.61. The van der Waals surface area contributed by atoms with Gasteiger partial charge in [0.05, 0.1) is 6.07 Å². The Morgan fingerprint density at radius 1 is 1.38 bits per heavy atom. The Bertz CT molecular complexity index is 247. The molecule has 0 aliphatic heterocycles. The highest BCUT2D eigenvalue weighted by molar-refractivity contribution is 6.69. The van der Waals surface area contributed by atoms with Crippen LogP contribution in [-0.4, -0.2) is 13.9 Å². The molecule has 1 unspecified atom stereocenters. The summed E-state index contributed by atoms with van der Waals surface area (Å²) in [5.74, 6) is 0. The smallest absolute Gasteiger partial charge is 0.185 e. The normalized spacial score (nSPS) is 24.6. The van der Waals surface area contributed by atoms with Crippen molar-refractivity contribution in [3.8, 4) is 6.07 Å². The minimum Gasteiger partial charge on any atom is -0.400 e. The molecule has 1 aliphatic rings. The van der Waals surface area contributed by atoms with Gasteiger partial charge >= 0.3 is 0 Å². The van der Waals surface area contributed by atoms with Crippen molar-refractivity contribution in [2.45, 2.75) is 51.9 Å². The van der Waals surface area contributed by atoms with Crippen LogP contribution in [0.15, 0.2) is 0 Å². The summed E-state index contributed by atoms with van der Waals surface area (Å²) in [6.07, 6.45) is 2.25. The van der Waals surface area contributed by atoms with Crippen LogP contribution in [-0.2, 0) is 4.43 Å². The maximum absolute atomic E-state index is 9.17. The first-order valence-corrected chi connectivity index (χ1v) is 8.25. The second-order valence-corrected chi connectivity index (χ2v) is 9.85. The molecule has 0 bridgehead atoms. The zero-order valence-electron chi connectivity index (χ0n) is 9.27. The maximum Gasteiger partial charge on any atom is 0.185 e. The number of hydrogen-bond donors (Lipinski definition) is 0. The molecule has 0 N–H and O–H groups in total. The molecule has 1 rings (SSSR count). The van der Waals surface area contributed by atoms with Crippen molar-refractivity contribution in [3.63, 3.8) is 0 Å². The summed E-state index contributed by atoms with van der Waals surface area (Å²) in [7, 11) is -1.61. The van der Waals surface area contributed by atoms with E-state index in [2.05, 4.69) is 32.6 Å². The summed E-state index contributed by atoms with van der Waals surface area (Å²) >= 11 is 0. The predicted octanol–water partition coefficient (Wildman–Crippen LogP) is 2.92. The van der Waals surface area contributed by atoms with Gasteiger partial charge in [-0.05, 0) is 39.4 Å². The highest BCUT2D eigenvalue weighted by Gasteiger charge is 2.55. The van der Waals surface area contributed by atoms with Gasteiger partial charge in [-0.25, -0.2) is 0 Å². The van der Waals surface area contributed by atoms with Crippen molar-refractivity contribution in [1.29, 1.82) is 5.26 Å². The third-order valence-electron chi connectivity index (χ3n) is 2.88. The molecule has 0 aromatic rings. The first kappa shape index (κ1) is 10.7. The molecule has 74 valence electrons. The highest BCUT2D eigenvalue weighted by Crippen LogP contribution is 2.55. The Kier molecular flexibility index (Phi) is 2.34. The standard InChI is InChI=1S/C10H19NOSi/c1-9(6-7-9)10(2,8-11)12-13(3,4)5/h6-7H2,1-5H3. The largest absolute Gasteiger partial charge is 0.400 e. The topological polar surface area (TPSA) is 33.0 Å². The van der Waals surface area contributed by atoms with Gasteiger partial charge in [-0.1, -0.05) is 6.92 Å². The lowest BCUT2D eigenvalue weighted by Crippen LogP contribution is -2.45. The molecule has 0 radical (unpaired) electrons. The Labute approximate surface area is 82.0 Å². The van der Waals surface area contributed by atoms with E-state index in [1.165, 1.54) is 0 Å². The fourth-order valence-corrected chi connectivity index (χ4v) is 3.07. The van der Waals surface area contributed by atoms with Crippen molar-refractivity contribution in [2.75, 3.05) is 0 Å². The van der Waals surface area contributed by atoms with Gasteiger partial charge in [-0.3, -0.25) is 0 Å². The van der Waals surface area contributed by atoms with Gasteiger partial charge in [0.1, 0.15) is 5.60 Å². The number of nitrogens with zero attached hydrogens (tertiary/aromatic N) is 1. The maximum atomic E-state index is 9.17. The van der Waals surface area contributed by atoms with Crippen LogP contribution < -0.4 is 0 Å². The minimum absolute atomic E-state index is 0.113. The number of nitriles is 1. The van der Waals surface area contributed by atoms with E-state index in [0.717, 1.165) is 12.8 Å². The van der Waals surface area contributed by atoms with Crippen LogP contribution >= 0.6 is 0 Å². The van der Waals surface area contributed by atoms with Crippen LogP contribution in [0.1, 0.15) is 26.7 Å². The first-order valence-electron chi connectivity index (χ1n) is 4.84. The molecule has 0 amide bonds. The predicted molar refractivity (Wildman–Crippen MR) is 55.8 cm³/mol. The third kappa shape index (κ3) is 2.12. The third-order valence-corrected chi connectivity index (χ3v) is 3.90. The van der Waals surface area contributed by atoms with E-state index in [0.29, 0.717) is 0 Å². The van der Waals surface area contributed by atoms with Crippen molar-refractivity contribution < 1.29 is 4.43 Å². The molecular weight excluding hydrogens is 178 g/mol. The van der Waals surface area contributed by atoms with E-state index in [4.69, 9.17) is 4.43 Å². The first-order chi connectivity index (χ1) is 5.72. The lowest BCUT2D eigenvalue weighted by Gasteiger charge is -2.35. The summed E-state index contributed by atoms with van der Waals surface area (Å²) < 4.78 is 5.98. The molecule has 0 saturated heterocycles. The van der Waals surface area contributed by atoms with Crippen molar-refractivity contribution in [3.05, 3.63) is 0 Å². The molecule has 2 nitrogen and oxygen atoms in total. The van der Waals surface area contributed by atoms with Gasteiger partial charge in [0.15, 0.2) is 8.32 Å². The van der Waals surface area contributed by atoms with Crippen LogP contribution in [0.25, 0.3) is 0 Å². The second kappa shape index (κ2) is 2.83. The van der Waals surface area contributed by atoms with Crippen LogP contribution in [0.5, 0.6) is 0 Å². The van der Waals surface area contributed by atoms with Crippen LogP contribution in [0.2, 0.25) is 19.6 Å². The molecule has 0 aromatic heterocycles. The monoisotopic (exact) mass is 197 g/mol. The molecule has 0 aromatic carbocycles. The van der Waals surface area contributed by atoms with E-state index in [-0.39, 0.29) is 5.41 Å². The molecule has 3 heteroatoms. The van der Waals surface area contributed by atoms with Gasteiger partial charge in [0.25, 0.3) is 0 Å². The van der Waals surface area contributed by atoms with Gasteiger partial charge < -0.3 is 4.43 Å².